The standard InChI is InChI=1S/2C29H26ClF4N9O5/c2*30-16-7-5-15(6-8-16)23-39-42(28(48)41(23)13-21(45)29(32,33)34)14-22-37-25(27(47)40-10-2-3-17(44)12-40)43(38-22)24-18(4-1-9-35-24)26(46)36-20-11-19(20)31/h2*1,4-9,19-21,45H,2-3,10-14H2,(H,36,46)/t19-,20+,21+;19-,20+,21-/m10/s1. The second-order valence-electron chi connectivity index (χ2n) is 22.6. The summed E-state index contributed by atoms with van der Waals surface area (Å²) in [6.07, 6.45) is -14.0. The zero-order valence-electron chi connectivity index (χ0n) is 49.5. The monoisotopic (exact) mass is 1380 g/mol. The highest BCUT2D eigenvalue weighted by atomic mass is 35.5. The summed E-state index contributed by atoms with van der Waals surface area (Å²) < 4.78 is 112. The lowest BCUT2D eigenvalue weighted by Crippen LogP contribution is -2.41. The van der Waals surface area contributed by atoms with Gasteiger partial charge in [0.05, 0.1) is 49.4 Å². The number of aliphatic hydroxyl groups excluding tert-OH is 2. The van der Waals surface area contributed by atoms with Crippen molar-refractivity contribution in [3.8, 4) is 34.4 Å². The summed E-state index contributed by atoms with van der Waals surface area (Å²) in [7, 11) is 0. The Bertz CT molecular complexity index is 4160. The van der Waals surface area contributed by atoms with Crippen LogP contribution in [0.15, 0.2) is 94.8 Å². The van der Waals surface area contributed by atoms with Crippen LogP contribution in [0.2, 0.25) is 10.0 Å². The van der Waals surface area contributed by atoms with Crippen molar-refractivity contribution >= 4 is 58.4 Å². The third-order valence-corrected chi connectivity index (χ3v) is 15.9. The fraction of sp³-hybridized carbons (Fsp3) is 0.379. The number of piperidine rings is 2. The molecule has 0 unspecified atom stereocenters. The maximum Gasteiger partial charge on any atom is 0.416 e. The first-order chi connectivity index (χ1) is 45.6. The molecule has 8 aromatic rings. The highest BCUT2D eigenvalue weighted by Gasteiger charge is 2.43. The molecule has 2 aromatic carbocycles. The summed E-state index contributed by atoms with van der Waals surface area (Å²) in [6, 6.07) is 15.7. The summed E-state index contributed by atoms with van der Waals surface area (Å²) >= 11 is 11.9. The Balaban J connectivity index is 0.000000195. The van der Waals surface area contributed by atoms with Gasteiger partial charge in [-0.1, -0.05) is 23.2 Å². The van der Waals surface area contributed by atoms with Crippen molar-refractivity contribution in [1.29, 1.82) is 0 Å². The normalized spacial score (nSPS) is 18.5. The fourth-order valence-electron chi connectivity index (χ4n) is 10.2. The number of nitrogens with one attached hydrogen (secondary N) is 2. The predicted molar refractivity (Wildman–Crippen MR) is 316 cm³/mol. The molecule has 0 bridgehead atoms. The number of alkyl halides is 8. The first-order valence-corrected chi connectivity index (χ1v) is 30.1. The van der Waals surface area contributed by atoms with Crippen LogP contribution in [0.4, 0.5) is 35.1 Å². The number of aromatic nitrogens is 14. The van der Waals surface area contributed by atoms with E-state index in [1.807, 2.05) is 0 Å². The highest BCUT2D eigenvalue weighted by Crippen LogP contribution is 2.30. The Morgan fingerprint density at radius 3 is 1.26 bits per heavy atom. The first-order valence-electron chi connectivity index (χ1n) is 29.3. The van der Waals surface area contributed by atoms with Crippen LogP contribution in [0.1, 0.15) is 92.1 Å². The van der Waals surface area contributed by atoms with Crippen molar-refractivity contribution in [2.45, 2.75) is 114 Å². The number of rotatable bonds is 18. The van der Waals surface area contributed by atoms with Crippen LogP contribution in [-0.4, -0.2) is 199 Å². The van der Waals surface area contributed by atoms with Gasteiger partial charge in [0.25, 0.3) is 23.6 Å². The number of likely N-dealkylation sites (tertiary alicyclic amines) is 2. The lowest BCUT2D eigenvalue weighted by molar-refractivity contribution is -0.207. The van der Waals surface area contributed by atoms with Crippen LogP contribution >= 0.6 is 23.2 Å². The van der Waals surface area contributed by atoms with E-state index >= 15 is 0 Å². The van der Waals surface area contributed by atoms with Gasteiger partial charge < -0.3 is 30.6 Å². The van der Waals surface area contributed by atoms with E-state index in [2.05, 4.69) is 51.0 Å². The van der Waals surface area contributed by atoms with E-state index in [1.54, 1.807) is 0 Å². The molecule has 12 rings (SSSR count). The Morgan fingerprint density at radius 2 is 0.927 bits per heavy atom. The molecule has 0 radical (unpaired) electrons. The topological polar surface area (TPSA) is 340 Å². The minimum absolute atomic E-state index is 0.0792. The van der Waals surface area contributed by atoms with Gasteiger partial charge >= 0.3 is 23.7 Å². The number of hydrogen-bond acceptors (Lipinski definition) is 18. The molecule has 4 amide bonds. The quantitative estimate of drug-likeness (QED) is 0.0885. The maximum absolute atomic E-state index is 13.7. The van der Waals surface area contributed by atoms with E-state index in [1.165, 1.54) is 95.0 Å². The van der Waals surface area contributed by atoms with Crippen LogP contribution < -0.4 is 22.0 Å². The second kappa shape index (κ2) is 27.4. The summed E-state index contributed by atoms with van der Waals surface area (Å²) in [5.41, 5.74) is -1.85. The van der Waals surface area contributed by atoms with Crippen molar-refractivity contribution in [2.24, 2.45) is 0 Å². The number of hydrogen-bond donors (Lipinski definition) is 4. The van der Waals surface area contributed by atoms with Crippen molar-refractivity contribution in [1.82, 2.24) is 88.6 Å². The molecule has 6 aromatic heterocycles. The third-order valence-electron chi connectivity index (χ3n) is 15.4. The molecule has 0 spiro atoms. The number of nitrogens with zero attached hydrogens (tertiary/aromatic N) is 16. The molecule has 2 aliphatic heterocycles. The summed E-state index contributed by atoms with van der Waals surface area (Å²) in [5.74, 6) is -5.21. The number of halogens is 10. The zero-order chi connectivity index (χ0) is 68.7. The molecule has 38 heteroatoms. The van der Waals surface area contributed by atoms with E-state index in [-0.39, 0.29) is 132 Å². The number of carbonyl (C=O) groups excluding carboxylic acids is 6. The van der Waals surface area contributed by atoms with Gasteiger partial charge in [-0.25, -0.2) is 47.7 Å². The third kappa shape index (κ3) is 15.1. The van der Waals surface area contributed by atoms with Crippen LogP contribution in [0.25, 0.3) is 34.4 Å². The largest absolute Gasteiger partial charge is 0.416 e. The van der Waals surface area contributed by atoms with Crippen molar-refractivity contribution in [3.05, 3.63) is 151 Å². The van der Waals surface area contributed by atoms with Crippen molar-refractivity contribution < 1.29 is 74.1 Å². The SMILES string of the molecule is O=C1CCCN(C(=O)c2nc(Cn3nc(-c4ccc(Cl)cc4)n(C[C@H](O)C(F)(F)F)c3=O)nn2-c2ncccc2C(=O)N[C@@H]2C[C@@H]2F)C1.O=C1CCCN(C(=O)c2nc(Cn3nc(-c4ccc(Cl)cc4)n(C[C@H](O)C(F)(F)F)c3=O)nn2-c2ncccc2C(=O)N[C@H]2C[C@H]2F)C1. The first kappa shape index (κ1) is 67.5. The molecular weight excluding hydrogens is 1330 g/mol. The fourth-order valence-corrected chi connectivity index (χ4v) is 10.4. The molecule has 4 aliphatic rings. The van der Waals surface area contributed by atoms with Gasteiger partial charge in [0, 0.05) is 72.3 Å². The number of benzene rings is 2. The van der Waals surface area contributed by atoms with Gasteiger partial charge in [0.2, 0.25) is 11.6 Å². The molecule has 2 saturated carbocycles. The van der Waals surface area contributed by atoms with E-state index in [4.69, 9.17) is 23.2 Å². The molecule has 504 valence electrons. The van der Waals surface area contributed by atoms with Gasteiger partial charge in [0.15, 0.2) is 58.7 Å². The van der Waals surface area contributed by atoms with Crippen LogP contribution in [0.3, 0.4) is 0 Å². The number of carbonyl (C=O) groups is 6. The van der Waals surface area contributed by atoms with E-state index in [0.717, 1.165) is 18.7 Å². The number of pyridine rings is 2. The summed E-state index contributed by atoms with van der Waals surface area (Å²) in [5, 5.41) is 42.3. The van der Waals surface area contributed by atoms with Crippen LogP contribution in [0, 0.1) is 0 Å². The maximum atomic E-state index is 13.7. The molecule has 28 nitrogen and oxygen atoms in total. The molecule has 6 atom stereocenters. The molecule has 96 heavy (non-hydrogen) atoms. The number of ketones is 2. The Labute approximate surface area is 544 Å². The highest BCUT2D eigenvalue weighted by molar-refractivity contribution is 6.31. The zero-order valence-corrected chi connectivity index (χ0v) is 51.1. The predicted octanol–water partition coefficient (Wildman–Crippen LogP) is 3.92. The van der Waals surface area contributed by atoms with Gasteiger partial charge in [0.1, 0.15) is 25.4 Å². The average molecular weight is 1380 g/mol. The number of amides is 4. The number of Topliss-reactive ketones (excluding diaryl/α,β-unsaturated/α-hetero) is 2. The summed E-state index contributed by atoms with van der Waals surface area (Å²) in [4.78, 5) is 124. The van der Waals surface area contributed by atoms with Crippen LogP contribution in [0.5, 0.6) is 0 Å². The lowest BCUT2D eigenvalue weighted by Gasteiger charge is -2.25. The average Bonchev–Trinajstić information content (AvgIpc) is 1.62. The molecule has 8 heterocycles. The van der Waals surface area contributed by atoms with Crippen LogP contribution in [-0.2, 0) is 35.8 Å². The Hall–Kier alpha value is -9.94. The van der Waals surface area contributed by atoms with E-state index < -0.39 is 110 Å². The lowest BCUT2D eigenvalue weighted by atomic mass is 10.1. The number of aliphatic hydroxyl groups is 2. The van der Waals surface area contributed by atoms with Crippen molar-refractivity contribution in [2.75, 3.05) is 26.2 Å². The van der Waals surface area contributed by atoms with E-state index in [0.29, 0.717) is 32.0 Å². The van der Waals surface area contributed by atoms with E-state index in [9.17, 15) is 83.7 Å². The minimum Gasteiger partial charge on any atom is -0.382 e. The Kier molecular flexibility index (Phi) is 19.3. The summed E-state index contributed by atoms with van der Waals surface area (Å²) in [6.45, 7) is -3.46. The van der Waals surface area contributed by atoms with Gasteiger partial charge in [-0.3, -0.25) is 37.9 Å². The van der Waals surface area contributed by atoms with Gasteiger partial charge in [-0.05, 0) is 85.6 Å². The van der Waals surface area contributed by atoms with Gasteiger partial charge in [-0.15, -0.1) is 20.4 Å². The molecule has 4 N–H and O–H groups in total. The second-order valence-corrected chi connectivity index (χ2v) is 23.4. The Morgan fingerprint density at radius 1 is 0.562 bits per heavy atom. The molecule has 2 saturated heterocycles. The van der Waals surface area contributed by atoms with Gasteiger partial charge in [-0.2, -0.15) is 35.7 Å². The smallest absolute Gasteiger partial charge is 0.382 e. The molecular formula is C58H52Cl2F8N18O10. The molecule has 2 aliphatic carbocycles. The van der Waals surface area contributed by atoms with Crippen molar-refractivity contribution in [3.63, 3.8) is 0 Å². The minimum atomic E-state index is -5.04. The molecule has 4 fully saturated rings.